The van der Waals surface area contributed by atoms with Gasteiger partial charge in [-0.15, -0.1) is 0 Å². The lowest BCUT2D eigenvalue weighted by Crippen LogP contribution is -2.48. The van der Waals surface area contributed by atoms with Crippen molar-refractivity contribution in [3.8, 4) is 0 Å². The normalized spacial score (nSPS) is 22.0. The van der Waals surface area contributed by atoms with Crippen LogP contribution in [-0.2, 0) is 16.1 Å². The maximum Gasteiger partial charge on any atom is 0.234 e. The molecular formula is C21H33N3O2. The molecule has 2 heterocycles. The number of rotatable bonds is 7. The number of aryl methyl sites for hydroxylation is 1. The molecule has 2 saturated heterocycles. The number of piperidine rings is 1. The summed E-state index contributed by atoms with van der Waals surface area (Å²) in [7, 11) is 2.00. The van der Waals surface area contributed by atoms with Crippen molar-refractivity contribution in [3.63, 3.8) is 0 Å². The maximum absolute atomic E-state index is 12.3. The average molecular weight is 360 g/mol. The molecule has 0 aliphatic carbocycles. The minimum Gasteiger partial charge on any atom is -0.377 e. The van der Waals surface area contributed by atoms with Crippen LogP contribution in [0.25, 0.3) is 0 Å². The Labute approximate surface area is 157 Å². The molecule has 2 aliphatic rings. The highest BCUT2D eigenvalue weighted by atomic mass is 16.5. The fraction of sp³-hybridized carbons (Fsp3) is 0.667. The SMILES string of the molecule is Cc1ccc(CN(C)CC(=O)NC2CCN(C[C@@H]3CCCO3)CC2)cc1. The highest BCUT2D eigenvalue weighted by Gasteiger charge is 2.24. The van der Waals surface area contributed by atoms with Gasteiger partial charge in [0, 0.05) is 38.8 Å². The first kappa shape index (κ1) is 19.3. The highest BCUT2D eigenvalue weighted by Crippen LogP contribution is 2.17. The van der Waals surface area contributed by atoms with Crippen molar-refractivity contribution in [2.75, 3.05) is 39.8 Å². The van der Waals surface area contributed by atoms with E-state index in [0.717, 1.165) is 45.6 Å². The Kier molecular flexibility index (Phi) is 7.06. The van der Waals surface area contributed by atoms with Gasteiger partial charge in [0.1, 0.15) is 0 Å². The van der Waals surface area contributed by atoms with Crippen molar-refractivity contribution in [1.82, 2.24) is 15.1 Å². The number of amides is 1. The Bertz CT molecular complexity index is 561. The standard InChI is InChI=1S/C21H33N3O2/c1-17-5-7-18(8-6-17)14-23(2)16-21(25)22-19-9-11-24(12-10-19)15-20-4-3-13-26-20/h5-8,19-20H,3-4,9-16H2,1-2H3,(H,22,25)/t20-/m0/s1. The largest absolute Gasteiger partial charge is 0.377 e. The molecule has 0 spiro atoms. The first-order valence-electron chi connectivity index (χ1n) is 9.96. The molecule has 1 N–H and O–H groups in total. The minimum atomic E-state index is 0.136. The van der Waals surface area contributed by atoms with Gasteiger partial charge < -0.3 is 15.0 Å². The molecule has 0 saturated carbocycles. The maximum atomic E-state index is 12.3. The lowest BCUT2D eigenvalue weighted by molar-refractivity contribution is -0.123. The molecule has 2 aliphatic heterocycles. The van der Waals surface area contributed by atoms with Crippen LogP contribution < -0.4 is 5.32 Å². The van der Waals surface area contributed by atoms with Gasteiger partial charge in [0.25, 0.3) is 0 Å². The zero-order valence-electron chi connectivity index (χ0n) is 16.2. The third-order valence-corrected chi connectivity index (χ3v) is 5.43. The molecule has 2 fully saturated rings. The average Bonchev–Trinajstić information content (AvgIpc) is 3.11. The lowest BCUT2D eigenvalue weighted by atomic mass is 10.0. The molecule has 1 aromatic carbocycles. The first-order chi connectivity index (χ1) is 12.6. The van der Waals surface area contributed by atoms with E-state index in [-0.39, 0.29) is 5.91 Å². The van der Waals surface area contributed by atoms with Gasteiger partial charge in [-0.25, -0.2) is 0 Å². The zero-order chi connectivity index (χ0) is 18.4. The van der Waals surface area contributed by atoms with Crippen LogP contribution in [0.4, 0.5) is 0 Å². The molecule has 1 atom stereocenters. The van der Waals surface area contributed by atoms with Crippen LogP contribution in [0, 0.1) is 6.92 Å². The number of carbonyl (C=O) groups is 1. The molecule has 144 valence electrons. The van der Waals surface area contributed by atoms with E-state index in [1.165, 1.54) is 24.0 Å². The predicted octanol–water partition coefficient (Wildman–Crippen LogP) is 2.19. The highest BCUT2D eigenvalue weighted by molar-refractivity contribution is 5.78. The molecule has 0 radical (unpaired) electrons. The van der Waals surface area contributed by atoms with E-state index in [1.807, 2.05) is 7.05 Å². The predicted molar refractivity (Wildman–Crippen MR) is 104 cm³/mol. The number of nitrogens with zero attached hydrogens (tertiary/aromatic N) is 2. The summed E-state index contributed by atoms with van der Waals surface area (Å²) in [6, 6.07) is 8.82. The number of likely N-dealkylation sites (N-methyl/N-ethyl adjacent to an activating group) is 1. The first-order valence-corrected chi connectivity index (χ1v) is 9.96. The Morgan fingerprint density at radius 3 is 2.62 bits per heavy atom. The van der Waals surface area contributed by atoms with Crippen LogP contribution in [0.3, 0.4) is 0 Å². The summed E-state index contributed by atoms with van der Waals surface area (Å²) in [5, 5.41) is 3.22. The summed E-state index contributed by atoms with van der Waals surface area (Å²) in [5.74, 6) is 0.136. The molecule has 26 heavy (non-hydrogen) atoms. The van der Waals surface area contributed by atoms with Crippen molar-refractivity contribution in [1.29, 1.82) is 0 Å². The zero-order valence-corrected chi connectivity index (χ0v) is 16.2. The number of hydrogen-bond donors (Lipinski definition) is 1. The Balaban J connectivity index is 1.33. The van der Waals surface area contributed by atoms with Crippen molar-refractivity contribution in [3.05, 3.63) is 35.4 Å². The van der Waals surface area contributed by atoms with Crippen LogP contribution in [0.2, 0.25) is 0 Å². The second-order valence-corrected chi connectivity index (χ2v) is 7.94. The summed E-state index contributed by atoms with van der Waals surface area (Å²) < 4.78 is 5.73. The van der Waals surface area contributed by atoms with E-state index in [1.54, 1.807) is 0 Å². The van der Waals surface area contributed by atoms with Gasteiger partial charge in [0.05, 0.1) is 12.6 Å². The quantitative estimate of drug-likeness (QED) is 0.811. The summed E-state index contributed by atoms with van der Waals surface area (Å²) in [6.45, 7) is 7.44. The van der Waals surface area contributed by atoms with Gasteiger partial charge >= 0.3 is 0 Å². The molecule has 1 aromatic rings. The van der Waals surface area contributed by atoms with Crippen molar-refractivity contribution in [2.45, 2.75) is 51.3 Å². The number of nitrogens with one attached hydrogen (secondary N) is 1. The third kappa shape index (κ3) is 6.08. The van der Waals surface area contributed by atoms with E-state index in [9.17, 15) is 4.79 Å². The summed E-state index contributed by atoms with van der Waals surface area (Å²) >= 11 is 0. The van der Waals surface area contributed by atoms with Crippen molar-refractivity contribution >= 4 is 5.91 Å². The van der Waals surface area contributed by atoms with Crippen LogP contribution in [-0.4, -0.2) is 67.7 Å². The topological polar surface area (TPSA) is 44.8 Å². The molecule has 5 nitrogen and oxygen atoms in total. The van der Waals surface area contributed by atoms with Crippen molar-refractivity contribution in [2.24, 2.45) is 0 Å². The number of carbonyl (C=O) groups excluding carboxylic acids is 1. The van der Waals surface area contributed by atoms with Gasteiger partial charge in [0.2, 0.25) is 5.91 Å². The molecule has 3 rings (SSSR count). The monoisotopic (exact) mass is 359 g/mol. The van der Waals surface area contributed by atoms with E-state index in [4.69, 9.17) is 4.74 Å². The fourth-order valence-corrected chi connectivity index (χ4v) is 3.92. The molecule has 0 aromatic heterocycles. The van der Waals surface area contributed by atoms with Crippen LogP contribution >= 0.6 is 0 Å². The summed E-state index contributed by atoms with van der Waals surface area (Å²) in [4.78, 5) is 16.9. The number of likely N-dealkylation sites (tertiary alicyclic amines) is 1. The Morgan fingerprint density at radius 2 is 1.96 bits per heavy atom. The van der Waals surface area contributed by atoms with E-state index < -0.39 is 0 Å². The van der Waals surface area contributed by atoms with Crippen LogP contribution in [0.1, 0.15) is 36.8 Å². The summed E-state index contributed by atoms with van der Waals surface area (Å²) in [5.41, 5.74) is 2.51. The van der Waals surface area contributed by atoms with Gasteiger partial charge in [-0.2, -0.15) is 0 Å². The van der Waals surface area contributed by atoms with E-state index in [2.05, 4.69) is 46.3 Å². The van der Waals surface area contributed by atoms with Gasteiger partial charge in [-0.1, -0.05) is 29.8 Å². The molecule has 5 heteroatoms. The number of ether oxygens (including phenoxy) is 1. The Morgan fingerprint density at radius 1 is 1.23 bits per heavy atom. The molecule has 0 bridgehead atoms. The Hall–Kier alpha value is -1.43. The fourth-order valence-electron chi connectivity index (χ4n) is 3.92. The molecule has 0 unspecified atom stereocenters. The van der Waals surface area contributed by atoms with Crippen LogP contribution in [0.15, 0.2) is 24.3 Å². The smallest absolute Gasteiger partial charge is 0.234 e. The lowest BCUT2D eigenvalue weighted by Gasteiger charge is -2.33. The van der Waals surface area contributed by atoms with Gasteiger partial charge in [-0.3, -0.25) is 9.69 Å². The van der Waals surface area contributed by atoms with Gasteiger partial charge in [0.15, 0.2) is 0 Å². The number of hydrogen-bond acceptors (Lipinski definition) is 4. The van der Waals surface area contributed by atoms with E-state index in [0.29, 0.717) is 18.7 Å². The second-order valence-electron chi connectivity index (χ2n) is 7.94. The van der Waals surface area contributed by atoms with Crippen molar-refractivity contribution < 1.29 is 9.53 Å². The van der Waals surface area contributed by atoms with Crippen LogP contribution in [0.5, 0.6) is 0 Å². The minimum absolute atomic E-state index is 0.136. The second kappa shape index (κ2) is 9.49. The van der Waals surface area contributed by atoms with Gasteiger partial charge in [-0.05, 0) is 45.2 Å². The third-order valence-electron chi connectivity index (χ3n) is 5.43. The molecular weight excluding hydrogens is 326 g/mol. The van der Waals surface area contributed by atoms with E-state index >= 15 is 0 Å². The summed E-state index contributed by atoms with van der Waals surface area (Å²) in [6.07, 6.45) is 4.91. The molecule has 1 amide bonds. The number of benzene rings is 1.